The number of nitrogens with one attached hydrogen (secondary N) is 1. The number of hydrogen-bond donors (Lipinski definition) is 1. The molecule has 2 unspecified atom stereocenters. The summed E-state index contributed by atoms with van der Waals surface area (Å²) in [6.45, 7) is 11.2. The number of benzene rings is 2. The molecule has 9 heteroatoms. The largest absolute Gasteiger partial charge is 0.456 e. The maximum absolute atomic E-state index is 14.0. The lowest BCUT2D eigenvalue weighted by Crippen LogP contribution is -2.70. The number of carbonyl (C=O) groups is 4. The number of rotatable bonds is 8. The summed E-state index contributed by atoms with van der Waals surface area (Å²) in [5, 5.41) is 3.01. The van der Waals surface area contributed by atoms with E-state index in [2.05, 4.69) is 10.2 Å². The summed E-state index contributed by atoms with van der Waals surface area (Å²) in [4.78, 5) is 54.6. The molecule has 2 aromatic carbocycles. The Kier molecular flexibility index (Phi) is 8.08. The Labute approximate surface area is 235 Å². The Hall–Kier alpha value is -3.72. The first-order chi connectivity index (χ1) is 18.7. The zero-order chi connectivity index (χ0) is 29.3. The smallest absolute Gasteiger partial charge is 0.325 e. The number of carbonyl (C=O) groups excluding carboxylic acids is 4. The van der Waals surface area contributed by atoms with Gasteiger partial charge < -0.3 is 14.8 Å². The first-order valence-electron chi connectivity index (χ1n) is 13.6. The van der Waals surface area contributed by atoms with Gasteiger partial charge >= 0.3 is 18.0 Å². The van der Waals surface area contributed by atoms with Gasteiger partial charge in [-0.1, -0.05) is 60.7 Å². The highest BCUT2D eigenvalue weighted by Crippen LogP contribution is 2.47. The van der Waals surface area contributed by atoms with Gasteiger partial charge in [-0.15, -0.1) is 0 Å². The Morgan fingerprint density at radius 3 is 1.62 bits per heavy atom. The van der Waals surface area contributed by atoms with Crippen LogP contribution < -0.4 is 5.32 Å². The van der Waals surface area contributed by atoms with Crippen molar-refractivity contribution in [3.8, 4) is 0 Å². The number of piperidine rings is 1. The van der Waals surface area contributed by atoms with Crippen LogP contribution in [0.25, 0.3) is 0 Å². The van der Waals surface area contributed by atoms with Crippen molar-refractivity contribution in [1.29, 1.82) is 0 Å². The van der Waals surface area contributed by atoms with Crippen molar-refractivity contribution in [3.05, 3.63) is 71.8 Å². The van der Waals surface area contributed by atoms with E-state index in [4.69, 9.17) is 9.47 Å². The van der Waals surface area contributed by atoms with Crippen molar-refractivity contribution >= 4 is 23.9 Å². The van der Waals surface area contributed by atoms with E-state index in [1.165, 1.54) is 18.7 Å². The second-order valence-electron chi connectivity index (χ2n) is 12.0. The van der Waals surface area contributed by atoms with Crippen LogP contribution in [-0.4, -0.2) is 63.4 Å². The van der Waals surface area contributed by atoms with Crippen molar-refractivity contribution in [1.82, 2.24) is 15.1 Å². The zero-order valence-electron chi connectivity index (χ0n) is 24.1. The molecule has 0 bridgehead atoms. The van der Waals surface area contributed by atoms with Crippen molar-refractivity contribution in [2.45, 2.75) is 83.2 Å². The number of hydrogen-bond acceptors (Lipinski definition) is 7. The fourth-order valence-corrected chi connectivity index (χ4v) is 6.61. The van der Waals surface area contributed by atoms with Crippen molar-refractivity contribution in [2.75, 3.05) is 13.1 Å². The summed E-state index contributed by atoms with van der Waals surface area (Å²) in [6, 6.07) is 18.2. The molecule has 4 rings (SSSR count). The number of likely N-dealkylation sites (tertiary alicyclic amines) is 1. The Morgan fingerprint density at radius 1 is 0.775 bits per heavy atom. The van der Waals surface area contributed by atoms with Gasteiger partial charge in [0.25, 0.3) is 5.91 Å². The predicted octanol–water partition coefficient (Wildman–Crippen LogP) is 4.54. The minimum Gasteiger partial charge on any atom is -0.456 e. The molecule has 40 heavy (non-hydrogen) atoms. The normalized spacial score (nSPS) is 21.0. The number of esters is 2. The predicted molar refractivity (Wildman–Crippen MR) is 149 cm³/mol. The Morgan fingerprint density at radius 2 is 1.20 bits per heavy atom. The van der Waals surface area contributed by atoms with Gasteiger partial charge in [-0.05, 0) is 51.7 Å². The molecule has 1 spiro atoms. The van der Waals surface area contributed by atoms with Crippen LogP contribution in [0.4, 0.5) is 4.79 Å². The molecule has 2 saturated heterocycles. The fourth-order valence-electron chi connectivity index (χ4n) is 6.61. The second-order valence-corrected chi connectivity index (χ2v) is 12.0. The lowest BCUT2D eigenvalue weighted by molar-refractivity contribution is -0.156. The van der Waals surface area contributed by atoms with Gasteiger partial charge in [-0.25, -0.2) is 4.79 Å². The first kappa shape index (κ1) is 29.3. The molecule has 0 saturated carbocycles. The monoisotopic (exact) mass is 549 g/mol. The van der Waals surface area contributed by atoms with Gasteiger partial charge in [0, 0.05) is 31.5 Å². The summed E-state index contributed by atoms with van der Waals surface area (Å²) in [7, 11) is 0. The average Bonchev–Trinajstić information content (AvgIpc) is 3.08. The van der Waals surface area contributed by atoms with Crippen LogP contribution in [0, 0.1) is 0 Å². The topological polar surface area (TPSA) is 105 Å². The van der Waals surface area contributed by atoms with Gasteiger partial charge in [-0.2, -0.15) is 0 Å². The highest BCUT2D eigenvalue weighted by molar-refractivity contribution is 6.07. The molecule has 0 radical (unpaired) electrons. The Bertz CT molecular complexity index is 1240. The molecule has 2 aliphatic rings. The third-order valence-corrected chi connectivity index (χ3v) is 7.83. The van der Waals surface area contributed by atoms with Gasteiger partial charge in [0.15, 0.2) is 0 Å². The molecule has 2 aliphatic heterocycles. The van der Waals surface area contributed by atoms with E-state index < -0.39 is 40.8 Å². The SMILES string of the molecule is CC(=O)OC(CN1C(=O)NC2(CC(C)(C)N(CC(OC(C)=O)c3ccccc3)C(C)(C)C2)C1=O)c1ccccc1. The van der Waals surface area contributed by atoms with E-state index in [0.29, 0.717) is 24.9 Å². The lowest BCUT2D eigenvalue weighted by Gasteiger charge is -2.58. The van der Waals surface area contributed by atoms with Gasteiger partial charge in [0.1, 0.15) is 17.7 Å². The zero-order valence-corrected chi connectivity index (χ0v) is 24.1. The third kappa shape index (κ3) is 6.04. The van der Waals surface area contributed by atoms with Gasteiger partial charge in [0.05, 0.1) is 6.54 Å². The minimum atomic E-state index is -1.12. The molecule has 9 nitrogen and oxygen atoms in total. The fraction of sp³-hybridized carbons (Fsp3) is 0.484. The number of imide groups is 1. The third-order valence-electron chi connectivity index (χ3n) is 7.83. The number of amides is 3. The molecule has 2 atom stereocenters. The van der Waals surface area contributed by atoms with Gasteiger partial charge in [0.2, 0.25) is 0 Å². The number of nitrogens with zero attached hydrogens (tertiary/aromatic N) is 2. The summed E-state index contributed by atoms with van der Waals surface area (Å²) in [6.07, 6.45) is -0.558. The number of ether oxygens (including phenoxy) is 2. The summed E-state index contributed by atoms with van der Waals surface area (Å²) in [5.41, 5.74) is -0.641. The maximum Gasteiger partial charge on any atom is 0.325 e. The van der Waals surface area contributed by atoms with Crippen LogP contribution in [0.15, 0.2) is 60.7 Å². The van der Waals surface area contributed by atoms with Crippen molar-refractivity contribution in [3.63, 3.8) is 0 Å². The molecule has 0 aromatic heterocycles. The summed E-state index contributed by atoms with van der Waals surface area (Å²) >= 11 is 0. The van der Waals surface area contributed by atoms with Crippen LogP contribution in [0.3, 0.4) is 0 Å². The van der Waals surface area contributed by atoms with Crippen molar-refractivity contribution < 1.29 is 28.7 Å². The maximum atomic E-state index is 14.0. The molecule has 3 amide bonds. The molecule has 0 aliphatic carbocycles. The average molecular weight is 550 g/mol. The number of urea groups is 1. The standard InChI is InChI=1S/C31H39N3O6/c1-21(35)39-25(23-13-9-7-10-14-23)17-33-27(37)31(32-28(33)38)19-29(3,4)34(30(5,6)20-31)18-26(40-22(2)36)24-15-11-8-12-16-24/h7-16,25-26H,17-20H2,1-6H3,(H,32,38). The quantitative estimate of drug-likeness (QED) is 0.381. The van der Waals surface area contributed by atoms with Gasteiger partial charge in [-0.3, -0.25) is 24.2 Å². The van der Waals surface area contributed by atoms with Crippen LogP contribution in [-0.2, 0) is 23.9 Å². The molecule has 1 N–H and O–H groups in total. The van der Waals surface area contributed by atoms with E-state index in [1.807, 2.05) is 76.2 Å². The molecular weight excluding hydrogens is 510 g/mol. The second kappa shape index (κ2) is 11.0. The molecule has 2 aromatic rings. The van der Waals surface area contributed by atoms with E-state index in [9.17, 15) is 19.2 Å². The lowest BCUT2D eigenvalue weighted by atomic mass is 9.68. The highest BCUT2D eigenvalue weighted by Gasteiger charge is 2.61. The molecular formula is C31H39N3O6. The summed E-state index contributed by atoms with van der Waals surface area (Å²) in [5.74, 6) is -1.19. The first-order valence-corrected chi connectivity index (χ1v) is 13.6. The highest BCUT2D eigenvalue weighted by atomic mass is 16.5. The minimum absolute atomic E-state index is 0.0802. The van der Waals surface area contributed by atoms with E-state index in [0.717, 1.165) is 5.56 Å². The van der Waals surface area contributed by atoms with E-state index in [1.54, 1.807) is 12.1 Å². The molecule has 2 heterocycles. The van der Waals surface area contributed by atoms with Crippen LogP contribution >= 0.6 is 0 Å². The van der Waals surface area contributed by atoms with E-state index >= 15 is 0 Å². The van der Waals surface area contributed by atoms with Crippen LogP contribution in [0.2, 0.25) is 0 Å². The van der Waals surface area contributed by atoms with Crippen LogP contribution in [0.5, 0.6) is 0 Å². The summed E-state index contributed by atoms with van der Waals surface area (Å²) < 4.78 is 11.3. The molecule has 214 valence electrons. The van der Waals surface area contributed by atoms with Crippen LogP contribution in [0.1, 0.15) is 77.7 Å². The molecule has 2 fully saturated rings. The Balaban J connectivity index is 1.59. The van der Waals surface area contributed by atoms with E-state index in [-0.39, 0.29) is 18.4 Å². The van der Waals surface area contributed by atoms with Crippen molar-refractivity contribution in [2.24, 2.45) is 0 Å².